The Balaban J connectivity index is 1.73. The smallest absolute Gasteiger partial charge is 0.266 e. The largest absolute Gasteiger partial charge is 0.490 e. The molecule has 0 aliphatic rings. The average molecular weight is 474 g/mol. The number of hydrogen-bond acceptors (Lipinski definition) is 5. The van der Waals surface area contributed by atoms with Crippen LogP contribution >= 0.6 is 0 Å². The van der Waals surface area contributed by atoms with Crippen LogP contribution in [0.25, 0.3) is 6.08 Å². The summed E-state index contributed by atoms with van der Waals surface area (Å²) < 4.78 is 24.6. The highest BCUT2D eigenvalue weighted by Crippen LogP contribution is 2.30. The van der Waals surface area contributed by atoms with Crippen LogP contribution in [0.4, 0.5) is 15.8 Å². The average Bonchev–Trinajstić information content (AvgIpc) is 2.84. The lowest BCUT2D eigenvalue weighted by Gasteiger charge is -2.13. The molecule has 0 atom stereocenters. The third-order valence-electron chi connectivity index (χ3n) is 4.71. The van der Waals surface area contributed by atoms with E-state index in [0.29, 0.717) is 35.0 Å². The lowest BCUT2D eigenvalue weighted by atomic mass is 10.1. The van der Waals surface area contributed by atoms with Gasteiger partial charge in [0.15, 0.2) is 11.5 Å². The zero-order chi connectivity index (χ0) is 25.2. The van der Waals surface area contributed by atoms with Gasteiger partial charge < -0.3 is 20.1 Å². The van der Waals surface area contributed by atoms with Gasteiger partial charge in [-0.05, 0) is 72.7 Å². The molecular weight excluding hydrogens is 449 g/mol. The van der Waals surface area contributed by atoms with Gasteiger partial charge in [0, 0.05) is 18.3 Å². The zero-order valence-electron chi connectivity index (χ0n) is 19.3. The zero-order valence-corrected chi connectivity index (χ0v) is 19.3. The normalized spacial score (nSPS) is 10.7. The first-order valence-electron chi connectivity index (χ1n) is 10.8. The number of anilines is 2. The summed E-state index contributed by atoms with van der Waals surface area (Å²) >= 11 is 0. The summed E-state index contributed by atoms with van der Waals surface area (Å²) in [4.78, 5) is 23.7. The number of ether oxygens (including phenoxy) is 2. The van der Waals surface area contributed by atoms with Crippen molar-refractivity contribution in [3.8, 4) is 17.6 Å². The van der Waals surface area contributed by atoms with Crippen LogP contribution < -0.4 is 20.1 Å². The van der Waals surface area contributed by atoms with Crippen molar-refractivity contribution in [1.82, 2.24) is 0 Å². The van der Waals surface area contributed by atoms with Gasteiger partial charge in [0.1, 0.15) is 24.1 Å². The van der Waals surface area contributed by atoms with Gasteiger partial charge in [0.25, 0.3) is 5.91 Å². The maximum Gasteiger partial charge on any atom is 0.266 e. The van der Waals surface area contributed by atoms with E-state index in [4.69, 9.17) is 9.47 Å². The Kier molecular flexibility index (Phi) is 8.57. The van der Waals surface area contributed by atoms with Gasteiger partial charge >= 0.3 is 0 Å². The molecule has 0 spiro atoms. The number of nitriles is 1. The first-order valence-corrected chi connectivity index (χ1v) is 10.8. The predicted molar refractivity (Wildman–Crippen MR) is 131 cm³/mol. The van der Waals surface area contributed by atoms with Crippen molar-refractivity contribution in [2.75, 3.05) is 17.2 Å². The Bertz CT molecular complexity index is 1260. The Labute approximate surface area is 202 Å². The lowest BCUT2D eigenvalue weighted by molar-refractivity contribution is -0.114. The number of nitrogens with one attached hydrogen (secondary N) is 2. The molecule has 0 heterocycles. The fraction of sp³-hybridized carbons (Fsp3) is 0.148. The van der Waals surface area contributed by atoms with Crippen molar-refractivity contribution in [3.63, 3.8) is 0 Å². The molecular formula is C27H24FN3O4. The van der Waals surface area contributed by atoms with E-state index < -0.39 is 5.91 Å². The molecule has 0 unspecified atom stereocenters. The molecule has 0 aliphatic carbocycles. The van der Waals surface area contributed by atoms with Gasteiger partial charge in [-0.3, -0.25) is 9.59 Å². The molecule has 0 saturated heterocycles. The maximum atomic E-state index is 13.1. The van der Waals surface area contributed by atoms with Crippen molar-refractivity contribution in [2.24, 2.45) is 0 Å². The second-order valence-corrected chi connectivity index (χ2v) is 7.44. The molecule has 7 nitrogen and oxygen atoms in total. The Morgan fingerprint density at radius 1 is 0.943 bits per heavy atom. The highest BCUT2D eigenvalue weighted by atomic mass is 19.1. The van der Waals surface area contributed by atoms with Crippen molar-refractivity contribution >= 4 is 29.3 Å². The Hall–Kier alpha value is -4.64. The summed E-state index contributed by atoms with van der Waals surface area (Å²) in [6, 6.07) is 19.5. The maximum absolute atomic E-state index is 13.1. The van der Waals surface area contributed by atoms with E-state index in [1.54, 1.807) is 54.6 Å². The van der Waals surface area contributed by atoms with E-state index in [2.05, 4.69) is 10.6 Å². The first-order chi connectivity index (χ1) is 16.9. The van der Waals surface area contributed by atoms with Gasteiger partial charge in [0.05, 0.1) is 6.61 Å². The molecule has 2 N–H and O–H groups in total. The summed E-state index contributed by atoms with van der Waals surface area (Å²) in [5, 5.41) is 14.8. The van der Waals surface area contributed by atoms with E-state index in [1.165, 1.54) is 25.1 Å². The number of hydrogen-bond donors (Lipinski definition) is 2. The summed E-state index contributed by atoms with van der Waals surface area (Å²) in [5.74, 6) is -0.159. The van der Waals surface area contributed by atoms with Crippen LogP contribution in [0.15, 0.2) is 72.3 Å². The van der Waals surface area contributed by atoms with Gasteiger partial charge in [-0.15, -0.1) is 0 Å². The number of halogens is 1. The molecule has 0 aliphatic heterocycles. The summed E-state index contributed by atoms with van der Waals surface area (Å²) in [5.41, 5.74) is 2.35. The molecule has 0 radical (unpaired) electrons. The summed E-state index contributed by atoms with van der Waals surface area (Å²) in [7, 11) is 0. The minimum atomic E-state index is -0.575. The van der Waals surface area contributed by atoms with Crippen LogP contribution in [0.2, 0.25) is 0 Å². The lowest BCUT2D eigenvalue weighted by Crippen LogP contribution is -2.13. The third kappa shape index (κ3) is 7.44. The highest BCUT2D eigenvalue weighted by Gasteiger charge is 2.12. The molecule has 178 valence electrons. The van der Waals surface area contributed by atoms with Gasteiger partial charge in [0.2, 0.25) is 5.91 Å². The van der Waals surface area contributed by atoms with E-state index >= 15 is 0 Å². The number of amides is 2. The summed E-state index contributed by atoms with van der Waals surface area (Å²) in [6.07, 6.45) is 1.45. The third-order valence-corrected chi connectivity index (χ3v) is 4.71. The van der Waals surface area contributed by atoms with Crippen LogP contribution in [0, 0.1) is 17.1 Å². The monoisotopic (exact) mass is 473 g/mol. The predicted octanol–water partition coefficient (Wildman–Crippen LogP) is 5.31. The molecule has 2 amide bonds. The molecule has 3 rings (SSSR count). The fourth-order valence-electron chi connectivity index (χ4n) is 3.10. The molecule has 0 aromatic heterocycles. The number of benzene rings is 3. The number of rotatable bonds is 9. The molecule has 8 heteroatoms. The molecule has 0 saturated carbocycles. The Morgan fingerprint density at radius 3 is 2.20 bits per heavy atom. The van der Waals surface area contributed by atoms with Crippen LogP contribution in [-0.2, 0) is 16.2 Å². The first kappa shape index (κ1) is 25.0. The topological polar surface area (TPSA) is 100 Å². The molecule has 3 aromatic carbocycles. The second kappa shape index (κ2) is 12.0. The molecule has 3 aromatic rings. The van der Waals surface area contributed by atoms with Crippen molar-refractivity contribution in [3.05, 3.63) is 89.2 Å². The standard InChI is InChI=1S/C27H24FN3O4/c1-3-34-26-15-20(6-13-25(26)35-17-19-4-7-22(28)8-5-19)14-21(16-29)27(33)31-24-11-9-23(10-12-24)30-18(2)32/h4-15H,3,17H2,1-2H3,(H,30,32)(H,31,33)/b21-14-. The van der Waals surface area contributed by atoms with E-state index in [-0.39, 0.29) is 23.9 Å². The molecule has 0 fully saturated rings. The van der Waals surface area contributed by atoms with Crippen LogP contribution in [0.5, 0.6) is 11.5 Å². The number of carbonyl (C=O) groups is 2. The number of nitrogens with zero attached hydrogens (tertiary/aromatic N) is 1. The van der Waals surface area contributed by atoms with Gasteiger partial charge in [-0.2, -0.15) is 5.26 Å². The van der Waals surface area contributed by atoms with Crippen LogP contribution in [-0.4, -0.2) is 18.4 Å². The van der Waals surface area contributed by atoms with Gasteiger partial charge in [-0.25, -0.2) is 4.39 Å². The van der Waals surface area contributed by atoms with Crippen molar-refractivity contribution in [2.45, 2.75) is 20.5 Å². The van der Waals surface area contributed by atoms with E-state index in [0.717, 1.165) is 5.56 Å². The minimum absolute atomic E-state index is 0.0987. The highest BCUT2D eigenvalue weighted by molar-refractivity contribution is 6.09. The molecule has 0 bridgehead atoms. The Morgan fingerprint density at radius 2 is 1.60 bits per heavy atom. The number of carbonyl (C=O) groups excluding carboxylic acids is 2. The SMILES string of the molecule is CCOc1cc(/C=C(/C#N)C(=O)Nc2ccc(NC(C)=O)cc2)ccc1OCc1ccc(F)cc1. The van der Waals surface area contributed by atoms with Crippen molar-refractivity contribution in [1.29, 1.82) is 5.26 Å². The summed E-state index contributed by atoms with van der Waals surface area (Å²) in [6.45, 7) is 3.85. The van der Waals surface area contributed by atoms with Gasteiger partial charge in [-0.1, -0.05) is 18.2 Å². The van der Waals surface area contributed by atoms with Crippen LogP contribution in [0.1, 0.15) is 25.0 Å². The van der Waals surface area contributed by atoms with E-state index in [9.17, 15) is 19.2 Å². The van der Waals surface area contributed by atoms with Crippen molar-refractivity contribution < 1.29 is 23.5 Å². The minimum Gasteiger partial charge on any atom is -0.490 e. The van der Waals surface area contributed by atoms with Crippen LogP contribution in [0.3, 0.4) is 0 Å². The molecule has 35 heavy (non-hydrogen) atoms. The fourth-order valence-corrected chi connectivity index (χ4v) is 3.10. The second-order valence-electron chi connectivity index (χ2n) is 7.44. The quantitative estimate of drug-likeness (QED) is 0.324. The van der Waals surface area contributed by atoms with E-state index in [1.807, 2.05) is 13.0 Å².